The highest BCUT2D eigenvalue weighted by Gasteiger charge is 2.19. The zero-order chi connectivity index (χ0) is 9.97. The van der Waals surface area contributed by atoms with Crippen LogP contribution in [0, 0.1) is 0 Å². The van der Waals surface area contributed by atoms with Gasteiger partial charge in [0.15, 0.2) is 0 Å². The van der Waals surface area contributed by atoms with Crippen molar-refractivity contribution < 1.29 is 9.62 Å². The molecule has 0 spiro atoms. The van der Waals surface area contributed by atoms with Crippen LogP contribution in [0.1, 0.15) is 17.6 Å². The SMILES string of the molecule is Cn1ccnc1C(NO)c1ccco1. The van der Waals surface area contributed by atoms with Gasteiger partial charge < -0.3 is 14.2 Å². The first-order valence-corrected chi connectivity index (χ1v) is 4.23. The summed E-state index contributed by atoms with van der Waals surface area (Å²) < 4.78 is 7.01. The molecule has 1 unspecified atom stereocenters. The number of hydrogen-bond donors (Lipinski definition) is 2. The van der Waals surface area contributed by atoms with Crippen molar-refractivity contribution in [2.24, 2.45) is 7.05 Å². The molecule has 5 nitrogen and oxygen atoms in total. The number of nitrogens with one attached hydrogen (secondary N) is 1. The molecule has 2 heterocycles. The predicted octanol–water partition coefficient (Wildman–Crippen LogP) is 1.08. The van der Waals surface area contributed by atoms with Crippen LogP contribution in [0.4, 0.5) is 0 Å². The number of imidazole rings is 1. The van der Waals surface area contributed by atoms with Crippen molar-refractivity contribution >= 4 is 0 Å². The minimum Gasteiger partial charge on any atom is -0.467 e. The maximum absolute atomic E-state index is 9.03. The number of furan rings is 1. The molecule has 0 amide bonds. The van der Waals surface area contributed by atoms with Gasteiger partial charge in [-0.15, -0.1) is 0 Å². The van der Waals surface area contributed by atoms with Crippen molar-refractivity contribution in [1.29, 1.82) is 0 Å². The summed E-state index contributed by atoms with van der Waals surface area (Å²) in [4.78, 5) is 4.12. The second-order valence-corrected chi connectivity index (χ2v) is 2.97. The van der Waals surface area contributed by atoms with Crippen LogP contribution in [0.3, 0.4) is 0 Å². The highest BCUT2D eigenvalue weighted by molar-refractivity contribution is 5.14. The van der Waals surface area contributed by atoms with Crippen molar-refractivity contribution in [3.8, 4) is 0 Å². The molecule has 0 saturated carbocycles. The molecule has 0 saturated heterocycles. The predicted molar refractivity (Wildman–Crippen MR) is 48.7 cm³/mol. The van der Waals surface area contributed by atoms with E-state index in [0.29, 0.717) is 11.6 Å². The zero-order valence-corrected chi connectivity index (χ0v) is 7.71. The molecule has 0 aliphatic rings. The molecular formula is C9H11N3O2. The molecule has 0 aliphatic heterocycles. The number of hydrogen-bond acceptors (Lipinski definition) is 4. The van der Waals surface area contributed by atoms with Gasteiger partial charge in [-0.2, -0.15) is 5.48 Å². The zero-order valence-electron chi connectivity index (χ0n) is 7.71. The first-order chi connectivity index (χ1) is 6.83. The maximum Gasteiger partial charge on any atom is 0.147 e. The monoisotopic (exact) mass is 193 g/mol. The number of hydroxylamine groups is 1. The fourth-order valence-corrected chi connectivity index (χ4v) is 1.36. The van der Waals surface area contributed by atoms with E-state index in [1.165, 1.54) is 0 Å². The maximum atomic E-state index is 9.03. The van der Waals surface area contributed by atoms with Crippen LogP contribution in [0.15, 0.2) is 35.2 Å². The Hall–Kier alpha value is -1.59. The third kappa shape index (κ3) is 1.43. The lowest BCUT2D eigenvalue weighted by Gasteiger charge is -2.11. The number of aryl methyl sites for hydroxylation is 1. The lowest BCUT2D eigenvalue weighted by molar-refractivity contribution is 0.127. The van der Waals surface area contributed by atoms with Gasteiger partial charge in [0.05, 0.1) is 6.26 Å². The topological polar surface area (TPSA) is 63.2 Å². The molecule has 1 atom stereocenters. The minimum absolute atomic E-state index is 0.426. The van der Waals surface area contributed by atoms with Crippen LogP contribution >= 0.6 is 0 Å². The molecular weight excluding hydrogens is 182 g/mol. The number of aromatic nitrogens is 2. The Labute approximate surface area is 80.9 Å². The Morgan fingerprint density at radius 3 is 3.00 bits per heavy atom. The Balaban J connectivity index is 2.36. The first kappa shape index (κ1) is 8.98. The number of rotatable bonds is 3. The van der Waals surface area contributed by atoms with E-state index in [1.54, 1.807) is 24.6 Å². The summed E-state index contributed by atoms with van der Waals surface area (Å²) in [5.74, 6) is 1.32. The van der Waals surface area contributed by atoms with E-state index >= 15 is 0 Å². The van der Waals surface area contributed by atoms with Crippen molar-refractivity contribution in [2.45, 2.75) is 6.04 Å². The average Bonchev–Trinajstić information content (AvgIpc) is 2.80. The molecule has 0 radical (unpaired) electrons. The highest BCUT2D eigenvalue weighted by Crippen LogP contribution is 2.19. The molecule has 0 bridgehead atoms. The first-order valence-electron chi connectivity index (χ1n) is 4.23. The summed E-state index contributed by atoms with van der Waals surface area (Å²) in [6.07, 6.45) is 5.04. The summed E-state index contributed by atoms with van der Waals surface area (Å²) in [5, 5.41) is 9.03. The lowest BCUT2D eigenvalue weighted by atomic mass is 10.2. The molecule has 0 aliphatic carbocycles. The van der Waals surface area contributed by atoms with Crippen LogP contribution in [0.5, 0.6) is 0 Å². The molecule has 0 fully saturated rings. The van der Waals surface area contributed by atoms with Crippen molar-refractivity contribution in [3.05, 3.63) is 42.4 Å². The average molecular weight is 193 g/mol. The third-order valence-electron chi connectivity index (χ3n) is 2.07. The summed E-state index contributed by atoms with van der Waals surface area (Å²) in [7, 11) is 1.86. The van der Waals surface area contributed by atoms with Crippen LogP contribution in [0.2, 0.25) is 0 Å². The summed E-state index contributed by atoms with van der Waals surface area (Å²) in [6, 6.07) is 3.12. The van der Waals surface area contributed by atoms with Gasteiger partial charge in [0.1, 0.15) is 17.6 Å². The van der Waals surface area contributed by atoms with Crippen molar-refractivity contribution in [2.75, 3.05) is 0 Å². The van der Waals surface area contributed by atoms with E-state index in [-0.39, 0.29) is 0 Å². The Kier molecular flexibility index (Phi) is 2.34. The van der Waals surface area contributed by atoms with Crippen molar-refractivity contribution in [1.82, 2.24) is 15.0 Å². The Morgan fingerprint density at radius 1 is 1.64 bits per heavy atom. The Morgan fingerprint density at radius 2 is 2.50 bits per heavy atom. The number of nitrogens with zero attached hydrogens (tertiary/aromatic N) is 2. The molecule has 0 aromatic carbocycles. The smallest absolute Gasteiger partial charge is 0.147 e. The molecule has 2 N–H and O–H groups in total. The van der Waals surface area contributed by atoms with E-state index in [2.05, 4.69) is 10.5 Å². The van der Waals surface area contributed by atoms with Crippen LogP contribution in [0.25, 0.3) is 0 Å². The van der Waals surface area contributed by atoms with E-state index < -0.39 is 6.04 Å². The van der Waals surface area contributed by atoms with Crippen LogP contribution in [-0.4, -0.2) is 14.8 Å². The molecule has 2 aromatic heterocycles. The van der Waals surface area contributed by atoms with Crippen LogP contribution < -0.4 is 5.48 Å². The van der Waals surface area contributed by atoms with Gasteiger partial charge in [-0.25, -0.2) is 4.98 Å². The van der Waals surface area contributed by atoms with E-state index in [1.807, 2.05) is 17.8 Å². The van der Waals surface area contributed by atoms with Crippen molar-refractivity contribution in [3.63, 3.8) is 0 Å². The normalized spacial score (nSPS) is 13.0. The largest absolute Gasteiger partial charge is 0.467 e. The van der Waals surface area contributed by atoms with E-state index in [4.69, 9.17) is 9.62 Å². The second-order valence-electron chi connectivity index (χ2n) is 2.97. The van der Waals surface area contributed by atoms with Gasteiger partial charge in [-0.3, -0.25) is 0 Å². The summed E-state index contributed by atoms with van der Waals surface area (Å²) in [5.41, 5.74) is 2.17. The standard InChI is InChI=1S/C9H11N3O2/c1-12-5-4-10-9(12)8(11-13)7-3-2-6-14-7/h2-6,8,11,13H,1H3. The highest BCUT2D eigenvalue weighted by atomic mass is 16.5. The van der Waals surface area contributed by atoms with Gasteiger partial charge in [-0.05, 0) is 12.1 Å². The lowest BCUT2D eigenvalue weighted by Crippen LogP contribution is -2.21. The molecule has 2 rings (SSSR count). The van der Waals surface area contributed by atoms with Gasteiger partial charge in [0, 0.05) is 19.4 Å². The van der Waals surface area contributed by atoms with Crippen LogP contribution in [-0.2, 0) is 7.05 Å². The molecule has 5 heteroatoms. The minimum atomic E-state index is -0.426. The van der Waals surface area contributed by atoms with E-state index in [9.17, 15) is 0 Å². The fourth-order valence-electron chi connectivity index (χ4n) is 1.36. The van der Waals surface area contributed by atoms with Gasteiger partial charge in [0.25, 0.3) is 0 Å². The van der Waals surface area contributed by atoms with Gasteiger partial charge in [-0.1, -0.05) is 0 Å². The fraction of sp³-hybridized carbons (Fsp3) is 0.222. The second kappa shape index (κ2) is 3.65. The van der Waals surface area contributed by atoms with Gasteiger partial charge >= 0.3 is 0 Å². The third-order valence-corrected chi connectivity index (χ3v) is 2.07. The summed E-state index contributed by atoms with van der Waals surface area (Å²) >= 11 is 0. The Bertz CT molecular complexity index is 394. The summed E-state index contributed by atoms with van der Waals surface area (Å²) in [6.45, 7) is 0. The molecule has 74 valence electrons. The quantitative estimate of drug-likeness (QED) is 0.716. The van der Waals surface area contributed by atoms with Gasteiger partial charge in [0.2, 0.25) is 0 Å². The molecule has 14 heavy (non-hydrogen) atoms. The van der Waals surface area contributed by atoms with E-state index in [0.717, 1.165) is 0 Å². The molecule has 2 aromatic rings.